The van der Waals surface area contributed by atoms with Crippen LogP contribution in [0.15, 0.2) is 18.3 Å². The third kappa shape index (κ3) is 3.81. The summed E-state index contributed by atoms with van der Waals surface area (Å²) < 4.78 is 7.07. The van der Waals surface area contributed by atoms with E-state index < -0.39 is 0 Å². The summed E-state index contributed by atoms with van der Waals surface area (Å²) in [5, 5.41) is 2.83. The molecule has 6 heteroatoms. The number of carbonyl (C=O) groups is 2. The van der Waals surface area contributed by atoms with Gasteiger partial charge in [-0.3, -0.25) is 4.79 Å². The van der Waals surface area contributed by atoms with Gasteiger partial charge >= 0.3 is 12.0 Å². The Hall–Kier alpha value is -1.98. The van der Waals surface area contributed by atoms with Crippen molar-refractivity contribution in [1.82, 2.24) is 14.8 Å². The van der Waals surface area contributed by atoms with E-state index in [0.717, 1.165) is 19.4 Å². The van der Waals surface area contributed by atoms with Crippen LogP contribution < -0.4 is 5.32 Å². The summed E-state index contributed by atoms with van der Waals surface area (Å²) in [4.78, 5) is 25.6. The molecule has 1 aromatic rings. The van der Waals surface area contributed by atoms with E-state index in [4.69, 9.17) is 4.74 Å². The van der Waals surface area contributed by atoms with Gasteiger partial charge in [0, 0.05) is 31.5 Å². The lowest BCUT2D eigenvalue weighted by molar-refractivity contribution is -0.142. The number of hydrogen-bond donors (Lipinski definition) is 1. The molecule has 1 aliphatic heterocycles. The van der Waals surface area contributed by atoms with Gasteiger partial charge in [-0.2, -0.15) is 0 Å². The van der Waals surface area contributed by atoms with Crippen molar-refractivity contribution in [2.24, 2.45) is 0 Å². The molecule has 2 heterocycles. The number of hydrogen-bond acceptors (Lipinski definition) is 3. The van der Waals surface area contributed by atoms with Crippen LogP contribution in [0.3, 0.4) is 0 Å². The van der Waals surface area contributed by atoms with E-state index in [1.807, 2.05) is 11.0 Å². The maximum absolute atomic E-state index is 12.4. The molecule has 2 amide bonds. The van der Waals surface area contributed by atoms with E-state index in [-0.39, 0.29) is 24.5 Å². The number of fused-ring (bicyclic) bond motifs is 1. The smallest absolute Gasteiger partial charge is 0.318 e. The minimum atomic E-state index is -0.277. The Bertz CT molecular complexity index is 512. The first-order chi connectivity index (χ1) is 10.7. The molecule has 0 bridgehead atoms. The van der Waals surface area contributed by atoms with Crippen molar-refractivity contribution in [3.8, 4) is 0 Å². The SMILES string of the molecule is CCC[C@@H]1c2cccn2CCN1C(=O)NCCC(=O)OCC. The van der Waals surface area contributed by atoms with Gasteiger partial charge in [-0.25, -0.2) is 4.79 Å². The largest absolute Gasteiger partial charge is 0.466 e. The van der Waals surface area contributed by atoms with Crippen molar-refractivity contribution in [1.29, 1.82) is 0 Å². The minimum absolute atomic E-state index is 0.102. The van der Waals surface area contributed by atoms with Gasteiger partial charge < -0.3 is 19.5 Å². The van der Waals surface area contributed by atoms with Crippen molar-refractivity contribution in [2.75, 3.05) is 19.7 Å². The standard InChI is InChI=1S/C16H25N3O3/c1-3-6-14-13-7-5-10-18(13)11-12-19(14)16(21)17-9-8-15(20)22-4-2/h5,7,10,14H,3-4,6,8-9,11-12H2,1-2H3,(H,17,21)/t14-/m1/s1. The van der Waals surface area contributed by atoms with Crippen LogP contribution in [0.1, 0.15) is 44.8 Å². The van der Waals surface area contributed by atoms with Gasteiger partial charge in [-0.1, -0.05) is 13.3 Å². The second-order valence-electron chi connectivity index (χ2n) is 5.41. The molecule has 0 spiro atoms. The van der Waals surface area contributed by atoms with Gasteiger partial charge in [0.25, 0.3) is 0 Å². The molecule has 0 unspecified atom stereocenters. The molecule has 0 saturated carbocycles. The Kier molecular flexibility index (Phi) is 5.86. The fourth-order valence-corrected chi connectivity index (χ4v) is 2.89. The summed E-state index contributed by atoms with van der Waals surface area (Å²) in [7, 11) is 0. The van der Waals surface area contributed by atoms with E-state index in [0.29, 0.717) is 19.7 Å². The van der Waals surface area contributed by atoms with Crippen molar-refractivity contribution in [3.05, 3.63) is 24.0 Å². The molecule has 0 radical (unpaired) electrons. The second kappa shape index (κ2) is 7.87. The fourth-order valence-electron chi connectivity index (χ4n) is 2.89. The van der Waals surface area contributed by atoms with Crippen molar-refractivity contribution in [2.45, 2.75) is 45.7 Å². The van der Waals surface area contributed by atoms with E-state index in [1.54, 1.807) is 6.92 Å². The average Bonchev–Trinajstić information content (AvgIpc) is 2.96. The van der Waals surface area contributed by atoms with Gasteiger partial charge in [0.05, 0.1) is 19.1 Å². The van der Waals surface area contributed by atoms with Crippen LogP contribution >= 0.6 is 0 Å². The Morgan fingerprint density at radius 2 is 2.18 bits per heavy atom. The quantitative estimate of drug-likeness (QED) is 0.820. The molecule has 2 rings (SSSR count). The van der Waals surface area contributed by atoms with E-state index >= 15 is 0 Å². The number of esters is 1. The molecule has 22 heavy (non-hydrogen) atoms. The van der Waals surface area contributed by atoms with E-state index in [2.05, 4.69) is 29.1 Å². The number of amides is 2. The fraction of sp³-hybridized carbons (Fsp3) is 0.625. The van der Waals surface area contributed by atoms with Crippen LogP contribution in [-0.2, 0) is 16.1 Å². The highest BCUT2D eigenvalue weighted by Crippen LogP contribution is 2.29. The monoisotopic (exact) mass is 307 g/mol. The Balaban J connectivity index is 1.92. The maximum atomic E-state index is 12.4. The topological polar surface area (TPSA) is 63.6 Å². The third-order valence-electron chi connectivity index (χ3n) is 3.90. The summed E-state index contributed by atoms with van der Waals surface area (Å²) in [6.45, 7) is 6.08. The molecule has 1 aromatic heterocycles. The number of rotatable bonds is 6. The third-order valence-corrected chi connectivity index (χ3v) is 3.90. The maximum Gasteiger partial charge on any atom is 0.318 e. The Labute approximate surface area is 131 Å². The molecular weight excluding hydrogens is 282 g/mol. The summed E-state index contributed by atoms with van der Waals surface area (Å²) in [5.41, 5.74) is 1.19. The first-order valence-corrected chi connectivity index (χ1v) is 8.02. The number of nitrogens with zero attached hydrogens (tertiary/aromatic N) is 2. The molecule has 122 valence electrons. The number of ether oxygens (including phenoxy) is 1. The highest BCUT2D eigenvalue weighted by Gasteiger charge is 2.29. The summed E-state index contributed by atoms with van der Waals surface area (Å²) >= 11 is 0. The molecule has 0 aliphatic carbocycles. The van der Waals surface area contributed by atoms with Crippen LogP contribution in [0.4, 0.5) is 4.79 Å². The highest BCUT2D eigenvalue weighted by molar-refractivity contribution is 5.76. The van der Waals surface area contributed by atoms with E-state index in [1.165, 1.54) is 5.69 Å². The number of nitrogens with one attached hydrogen (secondary N) is 1. The van der Waals surface area contributed by atoms with Gasteiger partial charge in [-0.05, 0) is 25.5 Å². The predicted octanol–water partition coefficient (Wildman–Crippen LogP) is 2.31. The highest BCUT2D eigenvalue weighted by atomic mass is 16.5. The van der Waals surface area contributed by atoms with Crippen LogP contribution in [0, 0.1) is 0 Å². The van der Waals surface area contributed by atoms with Gasteiger partial charge in [0.1, 0.15) is 0 Å². The van der Waals surface area contributed by atoms with Crippen LogP contribution in [0.2, 0.25) is 0 Å². The molecular formula is C16H25N3O3. The zero-order valence-electron chi connectivity index (χ0n) is 13.4. The van der Waals surface area contributed by atoms with Crippen molar-refractivity contribution < 1.29 is 14.3 Å². The zero-order chi connectivity index (χ0) is 15.9. The van der Waals surface area contributed by atoms with Crippen LogP contribution in [-0.4, -0.2) is 41.2 Å². The number of aromatic nitrogens is 1. The predicted molar refractivity (Wildman–Crippen MR) is 83.4 cm³/mol. The molecule has 0 fully saturated rings. The first-order valence-electron chi connectivity index (χ1n) is 8.02. The summed E-state index contributed by atoms with van der Waals surface area (Å²) in [6.07, 6.45) is 4.23. The molecule has 6 nitrogen and oxygen atoms in total. The lowest BCUT2D eigenvalue weighted by atomic mass is 10.0. The normalized spacial score (nSPS) is 17.0. The first kappa shape index (κ1) is 16.4. The van der Waals surface area contributed by atoms with E-state index in [9.17, 15) is 9.59 Å². The summed E-state index contributed by atoms with van der Waals surface area (Å²) in [6, 6.07) is 4.12. The van der Waals surface area contributed by atoms with Crippen LogP contribution in [0.5, 0.6) is 0 Å². The zero-order valence-corrected chi connectivity index (χ0v) is 13.4. The summed E-state index contributed by atoms with van der Waals surface area (Å²) in [5.74, 6) is -0.277. The van der Waals surface area contributed by atoms with Crippen LogP contribution in [0.25, 0.3) is 0 Å². The van der Waals surface area contributed by atoms with Gasteiger partial charge in [-0.15, -0.1) is 0 Å². The van der Waals surface area contributed by atoms with Crippen molar-refractivity contribution >= 4 is 12.0 Å². The lowest BCUT2D eigenvalue weighted by Gasteiger charge is -2.37. The molecule has 1 aliphatic rings. The Morgan fingerprint density at radius 1 is 1.36 bits per heavy atom. The molecule has 1 N–H and O–H groups in total. The molecule has 1 atom stereocenters. The number of carbonyl (C=O) groups excluding carboxylic acids is 2. The second-order valence-corrected chi connectivity index (χ2v) is 5.41. The van der Waals surface area contributed by atoms with Crippen molar-refractivity contribution in [3.63, 3.8) is 0 Å². The Morgan fingerprint density at radius 3 is 2.91 bits per heavy atom. The number of urea groups is 1. The molecule has 0 saturated heterocycles. The van der Waals surface area contributed by atoms with Gasteiger partial charge in [0.2, 0.25) is 0 Å². The average molecular weight is 307 g/mol. The lowest BCUT2D eigenvalue weighted by Crippen LogP contribution is -2.47. The van der Waals surface area contributed by atoms with Gasteiger partial charge in [0.15, 0.2) is 0 Å². The molecule has 0 aromatic carbocycles. The minimum Gasteiger partial charge on any atom is -0.466 e.